The Labute approximate surface area is 350 Å². The van der Waals surface area contributed by atoms with Crippen molar-refractivity contribution in [3.63, 3.8) is 0 Å². The minimum absolute atomic E-state index is 0.489. The lowest BCUT2D eigenvalue weighted by atomic mass is 9.78. The molecule has 0 atom stereocenters. The fourth-order valence-corrected chi connectivity index (χ4v) is 6.73. The van der Waals surface area contributed by atoms with Crippen LogP contribution >= 0.6 is 0 Å². The van der Waals surface area contributed by atoms with Crippen LogP contribution in [0, 0.1) is 0 Å². The summed E-state index contributed by atoms with van der Waals surface area (Å²) in [6, 6.07) is -29.7. The largest absolute Gasteiger partial charge is 0.456 e. The van der Waals surface area contributed by atoms with Crippen molar-refractivity contribution in [2.45, 2.75) is 19.1 Å². The lowest BCUT2D eigenvalue weighted by Gasteiger charge is -2.24. The van der Waals surface area contributed by atoms with Crippen LogP contribution in [0.4, 0.5) is 0 Å². The number of hydrogen-bond donors (Lipinski definition) is 0. The van der Waals surface area contributed by atoms with Gasteiger partial charge in [-0.1, -0.05) is 159 Å². The van der Waals surface area contributed by atoms with Crippen molar-refractivity contribution < 1.29 is 51.0 Å². The summed E-state index contributed by atoms with van der Waals surface area (Å²) in [6.07, 6.45) is 0. The molecule has 0 bridgehead atoms. The summed E-state index contributed by atoms with van der Waals surface area (Å²) >= 11 is 0. The maximum Gasteiger partial charge on any atom is 0.136 e. The summed E-state index contributed by atoms with van der Waals surface area (Å²) in [5, 5.41) is -5.57. The van der Waals surface area contributed by atoms with Crippen molar-refractivity contribution in [3.8, 4) is 44.5 Å². The Morgan fingerprint density at radius 3 is 1.67 bits per heavy atom. The van der Waals surface area contributed by atoms with Crippen molar-refractivity contribution in [2.75, 3.05) is 0 Å². The maximum atomic E-state index is 9.89. The van der Waals surface area contributed by atoms with Crippen LogP contribution in [-0.4, -0.2) is 0 Å². The third kappa shape index (κ3) is 4.11. The van der Waals surface area contributed by atoms with Gasteiger partial charge in [0.05, 0.1) is 38.4 Å². The van der Waals surface area contributed by atoms with Gasteiger partial charge in [-0.3, -0.25) is 0 Å². The van der Waals surface area contributed by atoms with Crippen molar-refractivity contribution in [3.05, 3.63) is 180 Å². The number of hydrogen-bond acceptors (Lipinski definition) is 1. The average Bonchev–Trinajstić information content (AvgIpc) is 1.43. The molecule has 1 aliphatic rings. The molecule has 0 radical (unpaired) electrons. The smallest absolute Gasteiger partial charge is 0.136 e. The van der Waals surface area contributed by atoms with Crippen LogP contribution in [0.3, 0.4) is 0 Å². The second-order valence-corrected chi connectivity index (χ2v) is 11.8. The van der Waals surface area contributed by atoms with Crippen LogP contribution < -0.4 is 0 Å². The van der Waals surface area contributed by atoms with Crippen LogP contribution in [0.5, 0.6) is 0 Å². The highest BCUT2D eigenvalue weighted by Crippen LogP contribution is 2.52. The molecule has 0 fully saturated rings. The molecule has 52 heavy (non-hydrogen) atoms. The number of furan rings is 1. The van der Waals surface area contributed by atoms with E-state index in [4.69, 9.17) is 33.2 Å². The molecule has 0 unspecified atom stereocenters. The van der Waals surface area contributed by atoms with Crippen LogP contribution in [0.2, 0.25) is 0 Å². The van der Waals surface area contributed by atoms with Crippen molar-refractivity contribution in [1.29, 1.82) is 0 Å². The summed E-state index contributed by atoms with van der Waals surface area (Å²) < 4.78 is 316. The lowest BCUT2D eigenvalue weighted by Crippen LogP contribution is -2.16. The standard InChI is InChI=1S/C51H34O/c1-51(2)45-21-10-9-14-37(45)42-20-11-19-36(50(42)51)31-22-24-32(25-23-31)48-38-15-5-7-17-40(38)49(41-18-8-6-16-39(41)48)35-26-27-46-43(29-35)44-28-33-12-3-4-13-34(33)30-47(44)52-46/h3-30H,1-2H3/i1D3,2D3,3D,4D,5D,6D,7D,8D,9D,10D,11D,12D,13D,14D,15D,16D,17D,18D,19D,20D,21D,22D,23D,24D,25D,26D,27D,28D,29D,30D. The Morgan fingerprint density at radius 2 is 0.962 bits per heavy atom. The summed E-state index contributed by atoms with van der Waals surface area (Å²) in [4.78, 5) is 0. The molecule has 1 heterocycles. The zero-order chi connectivity index (χ0) is 63.9. The summed E-state index contributed by atoms with van der Waals surface area (Å²) in [5.74, 6) is 0. The van der Waals surface area contributed by atoms with Crippen LogP contribution in [0.1, 0.15) is 71.4 Å². The number of rotatable bonds is 3. The SMILES string of the molecule is [2H]c1c([2H])c([2H])c2c(c1[2H])-c1c([2H])c([2H])c([2H])c(-c3c([2H])c([2H])c(-c4c5c([2H])c([2H])c([2H])c([2H])c5c(-c5c([2H])c([2H])c6oc7c([2H])c8c([2H])c([2H])c([2H])c([2H])c8c([2H])c7c6c5[2H])c5c([2H])c([2H])c([2H])c([2H])c45)c([2H])c3[2H])c1C2(C([2H])([2H])[2H])C([2H])([2H])[2H]. The predicted octanol–water partition coefficient (Wildman–Crippen LogP) is 14.4. The molecule has 1 aliphatic carbocycles. The average molecular weight is 697 g/mol. The molecule has 1 nitrogen and oxygen atoms in total. The minimum atomic E-state index is -3.97. The second-order valence-electron chi connectivity index (χ2n) is 11.8. The number of fused-ring (bicyclic) bond motifs is 9. The molecule has 0 saturated carbocycles. The summed E-state index contributed by atoms with van der Waals surface area (Å²) in [6.45, 7) is -7.94. The van der Waals surface area contributed by atoms with Gasteiger partial charge >= 0.3 is 0 Å². The van der Waals surface area contributed by atoms with E-state index in [1.807, 2.05) is 0 Å². The number of benzene rings is 9. The minimum Gasteiger partial charge on any atom is -0.456 e. The van der Waals surface area contributed by atoms with Crippen LogP contribution in [0.25, 0.3) is 98.8 Å². The first-order valence-electron chi connectivity index (χ1n) is 32.4. The van der Waals surface area contributed by atoms with Crippen molar-refractivity contribution >= 4 is 54.3 Å². The fourth-order valence-electron chi connectivity index (χ4n) is 6.73. The van der Waals surface area contributed by atoms with Gasteiger partial charge in [-0.05, 0) is 112 Å². The molecule has 9 aromatic carbocycles. The Hall–Kier alpha value is -6.44. The molecule has 0 saturated heterocycles. The highest BCUT2D eigenvalue weighted by Gasteiger charge is 2.37. The molecule has 0 spiro atoms. The van der Waals surface area contributed by atoms with E-state index in [2.05, 4.69) is 0 Å². The molecule has 10 aromatic rings. The van der Waals surface area contributed by atoms with E-state index in [1.54, 1.807) is 0 Å². The van der Waals surface area contributed by atoms with Gasteiger partial charge in [0.2, 0.25) is 0 Å². The van der Waals surface area contributed by atoms with E-state index in [0.717, 1.165) is 0 Å². The Morgan fingerprint density at radius 1 is 0.423 bits per heavy atom. The summed E-state index contributed by atoms with van der Waals surface area (Å²) in [7, 11) is 0. The monoisotopic (exact) mass is 696 g/mol. The van der Waals surface area contributed by atoms with Gasteiger partial charge in [-0.15, -0.1) is 0 Å². The van der Waals surface area contributed by atoms with E-state index in [0.29, 0.717) is 0 Å². The first-order valence-corrected chi connectivity index (χ1v) is 15.4. The first kappa shape index (κ1) is 11.3. The summed E-state index contributed by atoms with van der Waals surface area (Å²) in [5.41, 5.74) is -15.1. The van der Waals surface area contributed by atoms with Gasteiger partial charge in [-0.25, -0.2) is 0 Å². The second kappa shape index (κ2) is 10.8. The van der Waals surface area contributed by atoms with Gasteiger partial charge in [0.25, 0.3) is 0 Å². The zero-order valence-corrected chi connectivity index (χ0v) is 25.9. The van der Waals surface area contributed by atoms with E-state index in [9.17, 15) is 17.8 Å². The van der Waals surface area contributed by atoms with Gasteiger partial charge in [-0.2, -0.15) is 0 Å². The lowest BCUT2D eigenvalue weighted by molar-refractivity contribution is 0.662. The Bertz CT molecular complexity index is 4810. The zero-order valence-electron chi connectivity index (χ0n) is 59.9. The van der Waals surface area contributed by atoms with Crippen LogP contribution in [0.15, 0.2) is 174 Å². The van der Waals surface area contributed by atoms with Crippen molar-refractivity contribution in [1.82, 2.24) is 0 Å². The molecule has 0 aliphatic heterocycles. The molecule has 244 valence electrons. The molecular weight excluding hydrogens is 629 g/mol. The van der Waals surface area contributed by atoms with Gasteiger partial charge in [0, 0.05) is 24.4 Å². The molecule has 1 heteroatoms. The highest BCUT2D eigenvalue weighted by molar-refractivity contribution is 6.22. The maximum absolute atomic E-state index is 9.89. The van der Waals surface area contributed by atoms with Gasteiger partial charge in [0.1, 0.15) is 11.2 Å². The first-order chi connectivity index (χ1) is 39.7. The third-order valence-corrected chi connectivity index (χ3v) is 8.95. The highest BCUT2D eigenvalue weighted by atomic mass is 16.3. The molecular formula is C51H34O. The van der Waals surface area contributed by atoms with Gasteiger partial charge < -0.3 is 4.42 Å². The van der Waals surface area contributed by atoms with Gasteiger partial charge in [0.15, 0.2) is 0 Å². The normalized spacial score (nSPS) is 23.1. The van der Waals surface area contributed by atoms with E-state index < -0.39 is 298 Å². The van der Waals surface area contributed by atoms with Crippen molar-refractivity contribution in [2.24, 2.45) is 0 Å². The molecule has 1 aromatic heterocycles. The fraction of sp³-hybridized carbons (Fsp3) is 0.0588. The van der Waals surface area contributed by atoms with E-state index >= 15 is 0 Å². The quantitative estimate of drug-likeness (QED) is 0.168. The Kier molecular flexibility index (Phi) is 2.34. The third-order valence-electron chi connectivity index (χ3n) is 8.95. The predicted molar refractivity (Wildman–Crippen MR) is 220 cm³/mol. The molecule has 0 amide bonds. The molecule has 0 N–H and O–H groups in total. The van der Waals surface area contributed by atoms with Crippen LogP contribution in [-0.2, 0) is 5.41 Å². The Balaban J connectivity index is 1.36. The topological polar surface area (TPSA) is 13.1 Å². The van der Waals surface area contributed by atoms with E-state index in [1.165, 1.54) is 0 Å². The van der Waals surface area contributed by atoms with E-state index in [-0.39, 0.29) is 0 Å². The molecule has 11 rings (SSSR count).